The first kappa shape index (κ1) is 22.0. The summed E-state index contributed by atoms with van der Waals surface area (Å²) in [6.07, 6.45) is 3.05. The van der Waals surface area contributed by atoms with Gasteiger partial charge in [0.05, 0.1) is 4.92 Å². The summed E-state index contributed by atoms with van der Waals surface area (Å²) in [5, 5.41) is 10.6. The minimum atomic E-state index is -0.487. The molecule has 3 rings (SSSR count). The van der Waals surface area contributed by atoms with Crippen LogP contribution in [0.3, 0.4) is 0 Å². The van der Waals surface area contributed by atoms with Gasteiger partial charge in [-0.15, -0.1) is 0 Å². The van der Waals surface area contributed by atoms with Crippen LogP contribution in [0.25, 0.3) is 6.08 Å². The molecular formula is C22H25N5O4. The van der Waals surface area contributed by atoms with Crippen molar-refractivity contribution in [3.05, 3.63) is 76.4 Å². The third-order valence-electron chi connectivity index (χ3n) is 5.00. The second-order valence-electron chi connectivity index (χ2n) is 7.13. The van der Waals surface area contributed by atoms with Crippen LogP contribution in [0, 0.1) is 10.1 Å². The summed E-state index contributed by atoms with van der Waals surface area (Å²) in [5.74, 6) is -0.745. The minimum absolute atomic E-state index is 0.0182. The lowest BCUT2D eigenvalue weighted by Crippen LogP contribution is -2.48. The summed E-state index contributed by atoms with van der Waals surface area (Å²) < 4.78 is 0. The number of hydrazine groups is 1. The van der Waals surface area contributed by atoms with Crippen LogP contribution in [0.1, 0.15) is 12.0 Å². The molecule has 1 aliphatic rings. The molecule has 1 aliphatic heterocycles. The quantitative estimate of drug-likeness (QED) is 0.401. The van der Waals surface area contributed by atoms with Crippen LogP contribution in [0.2, 0.25) is 0 Å². The molecule has 162 valence electrons. The van der Waals surface area contributed by atoms with Crippen molar-refractivity contribution in [3.63, 3.8) is 0 Å². The van der Waals surface area contributed by atoms with E-state index in [0.717, 1.165) is 26.2 Å². The predicted molar refractivity (Wildman–Crippen MR) is 118 cm³/mol. The zero-order valence-electron chi connectivity index (χ0n) is 17.1. The van der Waals surface area contributed by atoms with Gasteiger partial charge in [-0.3, -0.25) is 35.5 Å². The molecule has 0 unspecified atom stereocenters. The van der Waals surface area contributed by atoms with Crippen molar-refractivity contribution in [2.45, 2.75) is 6.42 Å². The molecule has 0 aromatic heterocycles. The molecule has 0 radical (unpaired) electrons. The van der Waals surface area contributed by atoms with Gasteiger partial charge in [0.25, 0.3) is 11.6 Å². The SMILES string of the molecule is O=C(/C=C/c1ccc([N+](=O)[O-])cc1)NNC(=O)CCN1CCN(c2ccccc2)CC1. The fourth-order valence-corrected chi connectivity index (χ4v) is 3.24. The summed E-state index contributed by atoms with van der Waals surface area (Å²) in [7, 11) is 0. The van der Waals surface area contributed by atoms with Gasteiger partial charge in [0.2, 0.25) is 5.91 Å². The first-order chi connectivity index (χ1) is 15.0. The van der Waals surface area contributed by atoms with Gasteiger partial charge in [0.15, 0.2) is 0 Å². The molecule has 0 saturated carbocycles. The number of carbonyl (C=O) groups is 2. The van der Waals surface area contributed by atoms with Crippen LogP contribution in [0.4, 0.5) is 11.4 Å². The highest BCUT2D eigenvalue weighted by Gasteiger charge is 2.17. The van der Waals surface area contributed by atoms with Gasteiger partial charge < -0.3 is 4.90 Å². The lowest BCUT2D eigenvalue weighted by molar-refractivity contribution is -0.384. The molecular weight excluding hydrogens is 398 g/mol. The molecule has 0 bridgehead atoms. The largest absolute Gasteiger partial charge is 0.369 e. The van der Waals surface area contributed by atoms with E-state index in [0.29, 0.717) is 12.1 Å². The number of para-hydroxylation sites is 1. The molecule has 2 aromatic carbocycles. The lowest BCUT2D eigenvalue weighted by Gasteiger charge is -2.36. The fourth-order valence-electron chi connectivity index (χ4n) is 3.24. The number of nitrogens with one attached hydrogen (secondary N) is 2. The molecule has 2 aromatic rings. The Morgan fingerprint density at radius 3 is 2.29 bits per heavy atom. The van der Waals surface area contributed by atoms with Gasteiger partial charge in [-0.2, -0.15) is 0 Å². The van der Waals surface area contributed by atoms with Crippen molar-refractivity contribution < 1.29 is 14.5 Å². The first-order valence-corrected chi connectivity index (χ1v) is 10.0. The number of hydrogen-bond acceptors (Lipinski definition) is 6. The molecule has 0 atom stereocenters. The summed E-state index contributed by atoms with van der Waals surface area (Å²) >= 11 is 0. The Morgan fingerprint density at radius 1 is 0.968 bits per heavy atom. The number of nitro groups is 1. The van der Waals surface area contributed by atoms with E-state index < -0.39 is 10.8 Å². The average molecular weight is 423 g/mol. The number of benzene rings is 2. The number of piperazine rings is 1. The highest BCUT2D eigenvalue weighted by Crippen LogP contribution is 2.15. The van der Waals surface area contributed by atoms with Crippen molar-refractivity contribution in [2.75, 3.05) is 37.6 Å². The Balaban J connectivity index is 1.33. The molecule has 31 heavy (non-hydrogen) atoms. The third kappa shape index (κ3) is 6.93. The van der Waals surface area contributed by atoms with E-state index >= 15 is 0 Å². The Kier molecular flexibility index (Phi) is 7.72. The number of rotatable bonds is 7. The van der Waals surface area contributed by atoms with Gasteiger partial charge in [-0.1, -0.05) is 18.2 Å². The van der Waals surface area contributed by atoms with Gasteiger partial charge in [0, 0.05) is 63.0 Å². The molecule has 9 nitrogen and oxygen atoms in total. The van der Waals surface area contributed by atoms with Crippen LogP contribution >= 0.6 is 0 Å². The van der Waals surface area contributed by atoms with Crippen molar-refractivity contribution in [1.82, 2.24) is 15.8 Å². The van der Waals surface area contributed by atoms with Gasteiger partial charge in [-0.05, 0) is 35.9 Å². The number of anilines is 1. The molecule has 1 saturated heterocycles. The highest BCUT2D eigenvalue weighted by atomic mass is 16.6. The first-order valence-electron chi connectivity index (χ1n) is 10.0. The van der Waals surface area contributed by atoms with E-state index in [2.05, 4.69) is 32.8 Å². The molecule has 0 aliphatic carbocycles. The van der Waals surface area contributed by atoms with Crippen LogP contribution in [-0.2, 0) is 9.59 Å². The van der Waals surface area contributed by atoms with E-state index in [-0.39, 0.29) is 18.0 Å². The van der Waals surface area contributed by atoms with Gasteiger partial charge >= 0.3 is 0 Å². The maximum atomic E-state index is 12.0. The lowest BCUT2D eigenvalue weighted by atomic mass is 10.2. The second kappa shape index (κ2) is 10.9. The Hall–Kier alpha value is -3.72. The molecule has 2 N–H and O–H groups in total. The Morgan fingerprint density at radius 2 is 1.65 bits per heavy atom. The number of hydrogen-bond donors (Lipinski definition) is 2. The molecule has 2 amide bonds. The van der Waals surface area contributed by atoms with Gasteiger partial charge in [-0.25, -0.2) is 0 Å². The Labute approximate surface area is 180 Å². The number of amides is 2. The number of carbonyl (C=O) groups excluding carboxylic acids is 2. The molecule has 0 spiro atoms. The van der Waals surface area contributed by atoms with Crippen LogP contribution in [0.5, 0.6) is 0 Å². The number of non-ortho nitro benzene ring substituents is 1. The van der Waals surface area contributed by atoms with Crippen LogP contribution in [-0.4, -0.2) is 54.4 Å². The van der Waals surface area contributed by atoms with E-state index in [4.69, 9.17) is 0 Å². The van der Waals surface area contributed by atoms with E-state index in [1.54, 1.807) is 0 Å². The molecule has 1 fully saturated rings. The summed E-state index contributed by atoms with van der Waals surface area (Å²) in [5.41, 5.74) is 6.57. The topological polar surface area (TPSA) is 108 Å². The monoisotopic (exact) mass is 423 g/mol. The normalized spacial score (nSPS) is 14.4. The second-order valence-corrected chi connectivity index (χ2v) is 7.13. The van der Waals surface area contributed by atoms with Crippen LogP contribution in [0.15, 0.2) is 60.7 Å². The third-order valence-corrected chi connectivity index (χ3v) is 5.00. The van der Waals surface area contributed by atoms with E-state index in [1.165, 1.54) is 42.1 Å². The summed E-state index contributed by atoms with van der Waals surface area (Å²) in [6, 6.07) is 16.1. The van der Waals surface area contributed by atoms with Crippen molar-refractivity contribution in [1.29, 1.82) is 0 Å². The van der Waals surface area contributed by atoms with Crippen molar-refractivity contribution in [2.24, 2.45) is 0 Å². The predicted octanol–water partition coefficient (Wildman–Crippen LogP) is 1.97. The van der Waals surface area contributed by atoms with Crippen LogP contribution < -0.4 is 15.8 Å². The zero-order chi connectivity index (χ0) is 22.1. The molecule has 9 heteroatoms. The summed E-state index contributed by atoms with van der Waals surface area (Å²) in [6.45, 7) is 4.22. The average Bonchev–Trinajstić information content (AvgIpc) is 2.81. The standard InChI is InChI=1S/C22H25N5O4/c28-21(11-8-18-6-9-20(10-7-18)27(30)31)23-24-22(29)12-13-25-14-16-26(17-15-25)19-4-2-1-3-5-19/h1-11H,12-17H2,(H,23,28)(H,24,29)/b11-8+. The van der Waals surface area contributed by atoms with Crippen molar-refractivity contribution in [3.8, 4) is 0 Å². The maximum absolute atomic E-state index is 12.0. The Bertz CT molecular complexity index is 923. The van der Waals surface area contributed by atoms with Gasteiger partial charge in [0.1, 0.15) is 0 Å². The maximum Gasteiger partial charge on any atom is 0.269 e. The number of nitrogens with zero attached hydrogens (tertiary/aromatic N) is 3. The van der Waals surface area contributed by atoms with E-state index in [9.17, 15) is 19.7 Å². The smallest absolute Gasteiger partial charge is 0.269 e. The van der Waals surface area contributed by atoms with Crippen molar-refractivity contribution >= 4 is 29.3 Å². The highest BCUT2D eigenvalue weighted by molar-refractivity contribution is 5.93. The minimum Gasteiger partial charge on any atom is -0.369 e. The molecule has 1 heterocycles. The fraction of sp³-hybridized carbons (Fsp3) is 0.273. The van der Waals surface area contributed by atoms with E-state index in [1.807, 2.05) is 18.2 Å². The number of nitro benzene ring substituents is 1. The zero-order valence-corrected chi connectivity index (χ0v) is 17.1. The summed E-state index contributed by atoms with van der Waals surface area (Å²) in [4.78, 5) is 38.5.